The van der Waals surface area contributed by atoms with Gasteiger partial charge < -0.3 is 5.73 Å². The second-order valence-electron chi connectivity index (χ2n) is 9.89. The highest BCUT2D eigenvalue weighted by Crippen LogP contribution is 2.50. The van der Waals surface area contributed by atoms with Crippen LogP contribution in [-0.4, -0.2) is 21.0 Å². The quantitative estimate of drug-likeness (QED) is 0.446. The van der Waals surface area contributed by atoms with Gasteiger partial charge in [-0.1, -0.05) is 72.8 Å². The lowest BCUT2D eigenvalue weighted by molar-refractivity contribution is -0.118. The van der Waals surface area contributed by atoms with Gasteiger partial charge in [0.2, 0.25) is 5.13 Å². The molecule has 0 amide bonds. The Labute approximate surface area is 218 Å². The molecule has 0 radical (unpaired) electrons. The molecule has 1 atom stereocenters. The number of aryl methyl sites for hydroxylation is 1. The van der Waals surface area contributed by atoms with E-state index in [0.717, 1.165) is 21.4 Å². The predicted octanol–water partition coefficient (Wildman–Crippen LogP) is 5.47. The lowest BCUT2D eigenvalue weighted by Gasteiger charge is -2.42. The van der Waals surface area contributed by atoms with Gasteiger partial charge in [0.05, 0.1) is 17.6 Å². The molecule has 2 aromatic heterocycles. The van der Waals surface area contributed by atoms with Crippen LogP contribution in [0.3, 0.4) is 0 Å². The fraction of sp³-hybridized carbons (Fsp3) is 0.296. The maximum absolute atomic E-state index is 13.5. The Hall–Kier alpha value is -3.48. The van der Waals surface area contributed by atoms with Crippen LogP contribution >= 0.6 is 23.1 Å². The first-order valence-corrected chi connectivity index (χ1v) is 13.5. The normalized spacial score (nSPS) is 19.3. The topological polar surface area (TPSA) is 109 Å². The van der Waals surface area contributed by atoms with Crippen LogP contribution in [0.1, 0.15) is 49.3 Å². The minimum absolute atomic E-state index is 0.0267. The summed E-state index contributed by atoms with van der Waals surface area (Å²) in [6.45, 7) is 6.22. The molecule has 1 aromatic carbocycles. The predicted molar refractivity (Wildman–Crippen MR) is 142 cm³/mol. The van der Waals surface area contributed by atoms with Crippen molar-refractivity contribution < 1.29 is 4.79 Å². The van der Waals surface area contributed by atoms with Crippen LogP contribution in [0.5, 0.6) is 0 Å². The summed E-state index contributed by atoms with van der Waals surface area (Å²) in [6, 6.07) is 14.4. The van der Waals surface area contributed by atoms with Crippen LogP contribution in [0.25, 0.3) is 0 Å². The van der Waals surface area contributed by atoms with E-state index >= 15 is 0 Å². The fourth-order valence-corrected chi connectivity index (χ4v) is 6.62. The van der Waals surface area contributed by atoms with Crippen LogP contribution in [0.2, 0.25) is 0 Å². The van der Waals surface area contributed by atoms with Crippen LogP contribution in [-0.2, 0) is 10.5 Å². The number of Topliss-reactive ketones (excluding diaryl/α,β-unsaturated/α-hetero) is 1. The number of allylic oxidation sites excluding steroid dienone is 3. The number of hydrogen-bond acceptors (Lipinski definition) is 9. The van der Waals surface area contributed by atoms with Crippen molar-refractivity contribution in [1.82, 2.24) is 15.2 Å². The zero-order chi connectivity index (χ0) is 25.4. The average molecular weight is 515 g/mol. The summed E-state index contributed by atoms with van der Waals surface area (Å²) in [5, 5.41) is 19.6. The van der Waals surface area contributed by atoms with E-state index in [1.165, 1.54) is 22.5 Å². The van der Waals surface area contributed by atoms with E-state index in [4.69, 9.17) is 5.73 Å². The molecule has 0 saturated heterocycles. The van der Waals surface area contributed by atoms with Crippen LogP contribution in [0.4, 0.5) is 5.13 Å². The maximum Gasteiger partial charge on any atom is 0.219 e. The summed E-state index contributed by atoms with van der Waals surface area (Å²) in [5.41, 5.74) is 11.4. The van der Waals surface area contributed by atoms with E-state index in [-0.39, 0.29) is 11.2 Å². The van der Waals surface area contributed by atoms with Crippen LogP contribution < -0.4 is 10.6 Å². The minimum atomic E-state index is -0.540. The van der Waals surface area contributed by atoms with Crippen molar-refractivity contribution in [2.75, 3.05) is 4.90 Å². The number of carbonyl (C=O) groups is 1. The van der Waals surface area contributed by atoms with Crippen molar-refractivity contribution in [2.24, 2.45) is 11.1 Å². The van der Waals surface area contributed by atoms with Gasteiger partial charge in [-0.05, 0) is 36.0 Å². The number of carbonyl (C=O) groups excluding carboxylic acids is 1. The van der Waals surface area contributed by atoms with Gasteiger partial charge in [-0.25, -0.2) is 0 Å². The van der Waals surface area contributed by atoms with E-state index in [1.807, 2.05) is 12.1 Å². The van der Waals surface area contributed by atoms with Gasteiger partial charge >= 0.3 is 0 Å². The number of rotatable bonds is 5. The van der Waals surface area contributed by atoms with Gasteiger partial charge in [-0.15, -0.1) is 10.2 Å². The number of hydrogen-bond donors (Lipinski definition) is 1. The third-order valence-electron chi connectivity index (χ3n) is 6.47. The van der Waals surface area contributed by atoms with Crippen molar-refractivity contribution in [2.45, 2.75) is 49.6 Å². The van der Waals surface area contributed by atoms with E-state index < -0.39 is 5.92 Å². The Morgan fingerprint density at radius 3 is 2.69 bits per heavy atom. The number of anilines is 1. The minimum Gasteiger partial charge on any atom is -0.384 e. The molecular weight excluding hydrogens is 488 g/mol. The first-order valence-electron chi connectivity index (χ1n) is 11.7. The van der Waals surface area contributed by atoms with Gasteiger partial charge in [0.1, 0.15) is 5.82 Å². The van der Waals surface area contributed by atoms with Crippen molar-refractivity contribution in [1.29, 1.82) is 5.26 Å². The molecule has 2 aliphatic rings. The number of aromatic nitrogens is 3. The van der Waals surface area contributed by atoms with Gasteiger partial charge in [0.15, 0.2) is 10.1 Å². The summed E-state index contributed by atoms with van der Waals surface area (Å²) in [4.78, 5) is 19.6. The lowest BCUT2D eigenvalue weighted by Crippen LogP contribution is -2.42. The van der Waals surface area contributed by atoms with E-state index in [0.29, 0.717) is 34.9 Å². The second kappa shape index (κ2) is 9.52. The average Bonchev–Trinajstić information content (AvgIpc) is 3.31. The molecule has 5 rings (SSSR count). The Bertz CT molecular complexity index is 1420. The summed E-state index contributed by atoms with van der Waals surface area (Å²) in [7, 11) is 0. The Morgan fingerprint density at radius 1 is 1.22 bits per heavy atom. The lowest BCUT2D eigenvalue weighted by atomic mass is 9.69. The van der Waals surface area contributed by atoms with Crippen molar-refractivity contribution >= 4 is 34.0 Å². The molecule has 0 spiro atoms. The molecule has 0 saturated carbocycles. The van der Waals surface area contributed by atoms with E-state index in [1.54, 1.807) is 29.1 Å². The molecule has 3 heterocycles. The third-order valence-corrected chi connectivity index (χ3v) is 8.58. The zero-order valence-electron chi connectivity index (χ0n) is 20.4. The SMILES string of the molecule is Cc1ccc(CSc2nnc(N3C(N)=C(C#N)[C@@H](c4cccnc4)C4=C3CC(C)(C)CC4=O)s2)cc1. The molecular formula is C27H26N6OS2. The number of ketones is 1. The van der Waals surface area contributed by atoms with Crippen molar-refractivity contribution in [3.8, 4) is 6.07 Å². The van der Waals surface area contributed by atoms with Gasteiger partial charge in [-0.2, -0.15) is 5.26 Å². The smallest absolute Gasteiger partial charge is 0.219 e. The first kappa shape index (κ1) is 24.2. The van der Waals surface area contributed by atoms with E-state index in [2.05, 4.69) is 66.3 Å². The Kier molecular flexibility index (Phi) is 6.41. The Morgan fingerprint density at radius 2 is 2.00 bits per heavy atom. The second-order valence-corrected chi connectivity index (χ2v) is 12.1. The number of nitriles is 1. The standard InChI is InChI=1S/C27H26N6OS2/c1-16-6-8-17(9-7-16)15-35-26-32-31-25(36-26)33-20-11-27(2,3)12-21(34)23(20)22(19(13-28)24(33)29)18-5-4-10-30-14-18/h4-10,14,22H,11-12,15,29H2,1-3H3/t22-/m1/s1. The molecule has 1 aliphatic carbocycles. The summed E-state index contributed by atoms with van der Waals surface area (Å²) >= 11 is 3.02. The summed E-state index contributed by atoms with van der Waals surface area (Å²) in [6.07, 6.45) is 4.42. The van der Waals surface area contributed by atoms with Gasteiger partial charge in [0.25, 0.3) is 0 Å². The molecule has 1 aliphatic heterocycles. The highest BCUT2D eigenvalue weighted by atomic mass is 32.2. The van der Waals surface area contributed by atoms with Crippen molar-refractivity contribution in [3.05, 3.63) is 88.1 Å². The molecule has 3 aromatic rings. The van der Waals surface area contributed by atoms with Crippen molar-refractivity contribution in [3.63, 3.8) is 0 Å². The molecule has 0 fully saturated rings. The third kappa shape index (κ3) is 4.54. The van der Waals surface area contributed by atoms with Gasteiger partial charge in [0, 0.05) is 35.8 Å². The first-order chi connectivity index (χ1) is 17.3. The molecule has 182 valence electrons. The molecule has 0 bridgehead atoms. The van der Waals surface area contributed by atoms with Gasteiger partial charge in [-0.3, -0.25) is 14.7 Å². The number of pyridine rings is 1. The molecule has 7 nitrogen and oxygen atoms in total. The largest absolute Gasteiger partial charge is 0.384 e. The number of thioether (sulfide) groups is 1. The Balaban J connectivity index is 1.55. The molecule has 0 unspecified atom stereocenters. The van der Waals surface area contributed by atoms with Crippen LogP contribution in [0.15, 0.2) is 75.8 Å². The molecule has 36 heavy (non-hydrogen) atoms. The molecule has 9 heteroatoms. The summed E-state index contributed by atoms with van der Waals surface area (Å²) < 4.78 is 0.801. The van der Waals surface area contributed by atoms with Crippen LogP contribution in [0, 0.1) is 23.7 Å². The van der Waals surface area contributed by atoms with E-state index in [9.17, 15) is 10.1 Å². The monoisotopic (exact) mass is 514 g/mol. The zero-order valence-corrected chi connectivity index (χ0v) is 22.0. The number of nitrogens with two attached hydrogens (primary N) is 1. The highest BCUT2D eigenvalue weighted by Gasteiger charge is 2.45. The number of benzene rings is 1. The highest BCUT2D eigenvalue weighted by molar-refractivity contribution is 8.00. The fourth-order valence-electron chi connectivity index (χ4n) is 4.79. The molecule has 2 N–H and O–H groups in total. The maximum atomic E-state index is 13.5. The number of nitrogens with zero attached hydrogens (tertiary/aromatic N) is 5. The summed E-state index contributed by atoms with van der Waals surface area (Å²) in [5.74, 6) is 0.550.